The standard InChI is InChI=1S/C12H17N3O3S/c1-7-4-2-3-5-9(7)18-15-10(11(16)17)8-6-19-12(13)14-8/h6-7,9H,2-5H2,1H3,(H2,13,14)(H,16,17)/b15-10-/t7-,9+/m0/s1. The van der Waals surface area contributed by atoms with Crippen LogP contribution in [0.1, 0.15) is 38.3 Å². The average molecular weight is 283 g/mol. The molecule has 0 unspecified atom stereocenters. The first-order chi connectivity index (χ1) is 9.08. The summed E-state index contributed by atoms with van der Waals surface area (Å²) in [6, 6.07) is 0. The third-order valence-corrected chi connectivity index (χ3v) is 3.95. The molecule has 1 aliphatic rings. The molecule has 0 amide bonds. The molecule has 2 atom stereocenters. The predicted octanol–water partition coefficient (Wildman–Crippen LogP) is 2.11. The Bertz CT molecular complexity index is 486. The van der Waals surface area contributed by atoms with Crippen LogP contribution in [-0.2, 0) is 9.63 Å². The minimum atomic E-state index is -1.16. The minimum Gasteiger partial charge on any atom is -0.476 e. The lowest BCUT2D eigenvalue weighted by molar-refractivity contribution is -0.129. The van der Waals surface area contributed by atoms with E-state index in [1.54, 1.807) is 5.38 Å². The Morgan fingerprint density at radius 3 is 2.89 bits per heavy atom. The summed E-state index contributed by atoms with van der Waals surface area (Å²) in [6.07, 6.45) is 4.28. The van der Waals surface area contributed by atoms with Crippen LogP contribution >= 0.6 is 11.3 Å². The molecule has 7 heteroatoms. The second-order valence-electron chi connectivity index (χ2n) is 4.72. The van der Waals surface area contributed by atoms with E-state index in [1.807, 2.05) is 0 Å². The van der Waals surface area contributed by atoms with Gasteiger partial charge in [-0.1, -0.05) is 18.5 Å². The molecule has 1 aromatic heterocycles. The fourth-order valence-electron chi connectivity index (χ4n) is 2.15. The molecular formula is C12H17N3O3S. The van der Waals surface area contributed by atoms with Gasteiger partial charge in [-0.05, 0) is 25.2 Å². The highest BCUT2D eigenvalue weighted by Gasteiger charge is 2.24. The molecule has 6 nitrogen and oxygen atoms in total. The number of hydrogen-bond acceptors (Lipinski definition) is 6. The molecule has 3 N–H and O–H groups in total. The van der Waals surface area contributed by atoms with Crippen molar-refractivity contribution in [3.8, 4) is 0 Å². The zero-order valence-electron chi connectivity index (χ0n) is 10.7. The Hall–Kier alpha value is -1.63. The number of thiazole rings is 1. The van der Waals surface area contributed by atoms with Gasteiger partial charge in [0.25, 0.3) is 0 Å². The van der Waals surface area contributed by atoms with Crippen molar-refractivity contribution in [2.75, 3.05) is 5.73 Å². The van der Waals surface area contributed by atoms with Crippen molar-refractivity contribution in [2.24, 2.45) is 11.1 Å². The monoisotopic (exact) mass is 283 g/mol. The lowest BCUT2D eigenvalue weighted by Crippen LogP contribution is -2.25. The van der Waals surface area contributed by atoms with E-state index in [0.29, 0.717) is 11.0 Å². The molecule has 2 rings (SSSR count). The predicted molar refractivity (Wildman–Crippen MR) is 73.2 cm³/mol. The molecule has 104 valence electrons. The number of rotatable bonds is 4. The van der Waals surface area contributed by atoms with Crippen LogP contribution in [0.25, 0.3) is 0 Å². The maximum Gasteiger partial charge on any atom is 0.360 e. The van der Waals surface area contributed by atoms with Crippen molar-refractivity contribution < 1.29 is 14.7 Å². The first-order valence-electron chi connectivity index (χ1n) is 6.26. The lowest BCUT2D eigenvalue weighted by Gasteiger charge is -2.26. The molecule has 0 spiro atoms. The van der Waals surface area contributed by atoms with Crippen molar-refractivity contribution in [1.29, 1.82) is 0 Å². The molecule has 1 saturated carbocycles. The van der Waals surface area contributed by atoms with Gasteiger partial charge in [-0.15, -0.1) is 11.3 Å². The van der Waals surface area contributed by atoms with Gasteiger partial charge in [0.1, 0.15) is 11.8 Å². The summed E-state index contributed by atoms with van der Waals surface area (Å²) in [5, 5.41) is 14.8. The maximum absolute atomic E-state index is 11.2. The number of aromatic nitrogens is 1. The van der Waals surface area contributed by atoms with E-state index in [4.69, 9.17) is 15.7 Å². The van der Waals surface area contributed by atoms with Gasteiger partial charge in [0, 0.05) is 5.38 Å². The number of nitrogens with zero attached hydrogens (tertiary/aromatic N) is 2. The molecule has 0 aliphatic heterocycles. The molecule has 1 fully saturated rings. The largest absolute Gasteiger partial charge is 0.476 e. The average Bonchev–Trinajstić information content (AvgIpc) is 2.78. The van der Waals surface area contributed by atoms with Gasteiger partial charge in [0.2, 0.25) is 5.71 Å². The normalized spacial score (nSPS) is 24.2. The number of nitrogen functional groups attached to an aromatic ring is 1. The van der Waals surface area contributed by atoms with Gasteiger partial charge < -0.3 is 15.7 Å². The lowest BCUT2D eigenvalue weighted by atomic mass is 9.88. The van der Waals surface area contributed by atoms with Crippen LogP contribution in [0.15, 0.2) is 10.5 Å². The fourth-order valence-corrected chi connectivity index (χ4v) is 2.70. The Balaban J connectivity index is 2.11. The van der Waals surface area contributed by atoms with Crippen LogP contribution in [0.4, 0.5) is 5.13 Å². The zero-order chi connectivity index (χ0) is 13.8. The summed E-state index contributed by atoms with van der Waals surface area (Å²) in [4.78, 5) is 20.5. The van der Waals surface area contributed by atoms with E-state index in [1.165, 1.54) is 17.8 Å². The van der Waals surface area contributed by atoms with E-state index in [9.17, 15) is 4.79 Å². The van der Waals surface area contributed by atoms with E-state index in [-0.39, 0.29) is 17.5 Å². The van der Waals surface area contributed by atoms with Crippen molar-refractivity contribution in [2.45, 2.75) is 38.7 Å². The van der Waals surface area contributed by atoms with Gasteiger partial charge in [0.05, 0.1) is 0 Å². The van der Waals surface area contributed by atoms with Gasteiger partial charge >= 0.3 is 5.97 Å². The van der Waals surface area contributed by atoms with Crippen molar-refractivity contribution in [3.05, 3.63) is 11.1 Å². The van der Waals surface area contributed by atoms with E-state index in [0.717, 1.165) is 19.3 Å². The number of carbonyl (C=O) groups is 1. The molecule has 0 aromatic carbocycles. The van der Waals surface area contributed by atoms with Crippen LogP contribution in [0, 0.1) is 5.92 Å². The third kappa shape index (κ3) is 3.44. The fraction of sp³-hybridized carbons (Fsp3) is 0.583. The van der Waals surface area contributed by atoms with Crippen LogP contribution < -0.4 is 5.73 Å². The number of hydrogen-bond donors (Lipinski definition) is 2. The third-order valence-electron chi connectivity index (χ3n) is 3.28. The van der Waals surface area contributed by atoms with Crippen LogP contribution in [0.5, 0.6) is 0 Å². The summed E-state index contributed by atoms with van der Waals surface area (Å²) < 4.78 is 0. The highest BCUT2D eigenvalue weighted by molar-refractivity contribution is 7.13. The van der Waals surface area contributed by atoms with Gasteiger partial charge in [-0.25, -0.2) is 9.78 Å². The summed E-state index contributed by atoms with van der Waals surface area (Å²) in [5.74, 6) is -0.762. The van der Waals surface area contributed by atoms with Crippen LogP contribution in [-0.4, -0.2) is 27.9 Å². The Kier molecular flexibility index (Phi) is 4.36. The number of aliphatic carboxylic acids is 1. The van der Waals surface area contributed by atoms with Crippen LogP contribution in [0.2, 0.25) is 0 Å². The van der Waals surface area contributed by atoms with Gasteiger partial charge in [-0.3, -0.25) is 0 Å². The number of nitrogens with two attached hydrogens (primary N) is 1. The van der Waals surface area contributed by atoms with E-state index >= 15 is 0 Å². The quantitative estimate of drug-likeness (QED) is 0.651. The number of oxime groups is 1. The highest BCUT2D eigenvalue weighted by atomic mass is 32.1. The zero-order valence-corrected chi connectivity index (χ0v) is 11.5. The highest BCUT2D eigenvalue weighted by Crippen LogP contribution is 2.26. The van der Waals surface area contributed by atoms with E-state index < -0.39 is 5.97 Å². The molecule has 0 bridgehead atoms. The summed E-state index contributed by atoms with van der Waals surface area (Å²) in [5.41, 5.74) is 5.56. The molecule has 1 heterocycles. The summed E-state index contributed by atoms with van der Waals surface area (Å²) >= 11 is 1.18. The molecular weight excluding hydrogens is 266 g/mol. The van der Waals surface area contributed by atoms with Gasteiger partial charge in [0.15, 0.2) is 5.13 Å². The Morgan fingerprint density at radius 2 is 2.32 bits per heavy atom. The smallest absolute Gasteiger partial charge is 0.360 e. The second kappa shape index (κ2) is 6.01. The number of carboxylic acid groups (broad SMARTS) is 1. The van der Waals surface area contributed by atoms with Crippen LogP contribution in [0.3, 0.4) is 0 Å². The van der Waals surface area contributed by atoms with Crippen molar-refractivity contribution in [3.63, 3.8) is 0 Å². The summed E-state index contributed by atoms with van der Waals surface area (Å²) in [7, 11) is 0. The first kappa shape index (κ1) is 13.8. The molecule has 0 saturated heterocycles. The minimum absolute atomic E-state index is 0.0147. The number of carboxylic acids is 1. The summed E-state index contributed by atoms with van der Waals surface area (Å²) in [6.45, 7) is 2.10. The van der Waals surface area contributed by atoms with Gasteiger partial charge in [-0.2, -0.15) is 0 Å². The maximum atomic E-state index is 11.2. The molecule has 1 aromatic rings. The molecule has 19 heavy (non-hydrogen) atoms. The van der Waals surface area contributed by atoms with E-state index in [2.05, 4.69) is 17.1 Å². The SMILES string of the molecule is C[C@H]1CCCC[C@H]1O/N=C(\C(=O)O)c1csc(N)n1. The van der Waals surface area contributed by atoms with Crippen molar-refractivity contribution >= 4 is 28.1 Å². The van der Waals surface area contributed by atoms with Crippen molar-refractivity contribution in [1.82, 2.24) is 4.98 Å². The number of anilines is 1. The first-order valence-corrected chi connectivity index (χ1v) is 7.14. The second-order valence-corrected chi connectivity index (χ2v) is 5.61. The molecule has 1 aliphatic carbocycles. The Morgan fingerprint density at radius 1 is 1.58 bits per heavy atom. The molecule has 0 radical (unpaired) electrons. The topological polar surface area (TPSA) is 97.8 Å². The Labute approximate surface area is 115 Å².